The van der Waals surface area contributed by atoms with Gasteiger partial charge in [-0.15, -0.1) is 13.2 Å². The van der Waals surface area contributed by atoms with Gasteiger partial charge in [0.05, 0.1) is 17.5 Å². The molecular weight excluding hydrogens is 621 g/mol. The van der Waals surface area contributed by atoms with Crippen molar-refractivity contribution in [2.24, 2.45) is 11.8 Å². The number of Topliss-reactive ketones (excluding diaryl/α,β-unsaturated/α-hetero) is 1. The Balaban J connectivity index is 1.34. The second-order valence-electron chi connectivity index (χ2n) is 11.2. The van der Waals surface area contributed by atoms with E-state index in [4.69, 9.17) is 9.47 Å². The molecule has 0 aliphatic carbocycles. The maximum absolute atomic E-state index is 13.4. The van der Waals surface area contributed by atoms with Gasteiger partial charge in [0.15, 0.2) is 20.4 Å². The average Bonchev–Trinajstić information content (AvgIpc) is 3.01. The third kappa shape index (κ3) is 7.42. The van der Waals surface area contributed by atoms with Gasteiger partial charge in [-0.3, -0.25) is 19.6 Å². The van der Waals surface area contributed by atoms with E-state index in [9.17, 15) is 41.2 Å². The zero-order chi connectivity index (χ0) is 33.0. The molecule has 2 aromatic rings. The Kier molecular flexibility index (Phi) is 10.4. The molecule has 0 bridgehead atoms. The molecule has 0 aromatic heterocycles. The van der Waals surface area contributed by atoms with Crippen LogP contribution in [0.1, 0.15) is 46.0 Å². The summed E-state index contributed by atoms with van der Waals surface area (Å²) in [5, 5.41) is 9.20. The highest BCUT2D eigenvalue weighted by Gasteiger charge is 2.52. The lowest BCUT2D eigenvalue weighted by atomic mass is 9.80. The zero-order valence-electron chi connectivity index (χ0n) is 24.7. The number of hydrogen-bond donors (Lipinski definition) is 2. The van der Waals surface area contributed by atoms with Gasteiger partial charge in [0.25, 0.3) is 5.91 Å². The van der Waals surface area contributed by atoms with E-state index in [1.807, 2.05) is 6.92 Å². The van der Waals surface area contributed by atoms with E-state index in [0.717, 1.165) is 12.1 Å². The molecule has 2 amide bonds. The van der Waals surface area contributed by atoms with Crippen LogP contribution in [-0.4, -0.2) is 68.2 Å². The summed E-state index contributed by atoms with van der Waals surface area (Å²) < 4.78 is 77.4. The third-order valence-corrected chi connectivity index (χ3v) is 10.9. The highest BCUT2D eigenvalue weighted by Crippen LogP contribution is 2.37. The highest BCUT2D eigenvalue weighted by molar-refractivity contribution is 7.93. The second-order valence-corrected chi connectivity index (χ2v) is 13.5. The molecule has 11 nitrogen and oxygen atoms in total. The van der Waals surface area contributed by atoms with Gasteiger partial charge in [0.1, 0.15) is 11.5 Å². The fourth-order valence-corrected chi connectivity index (χ4v) is 7.69. The van der Waals surface area contributed by atoms with Crippen molar-refractivity contribution in [2.45, 2.75) is 68.0 Å². The van der Waals surface area contributed by atoms with E-state index < -0.39 is 44.6 Å². The van der Waals surface area contributed by atoms with Crippen molar-refractivity contribution in [3.8, 4) is 11.5 Å². The van der Waals surface area contributed by atoms with Gasteiger partial charge in [0, 0.05) is 31.2 Å². The smallest absolute Gasteiger partial charge is 0.494 e. The van der Waals surface area contributed by atoms with Crippen LogP contribution in [-0.2, 0) is 29.0 Å². The summed E-state index contributed by atoms with van der Waals surface area (Å²) in [5.74, 6) is -2.36. The zero-order valence-corrected chi connectivity index (χ0v) is 25.5. The first kappa shape index (κ1) is 34.2. The van der Waals surface area contributed by atoms with E-state index >= 15 is 0 Å². The number of ether oxygens (including phenoxy) is 3. The summed E-state index contributed by atoms with van der Waals surface area (Å²) in [6, 6.07) is 9.63. The lowest BCUT2D eigenvalue weighted by molar-refractivity contribution is -0.274. The van der Waals surface area contributed by atoms with Crippen molar-refractivity contribution in [3.05, 3.63) is 48.5 Å². The highest BCUT2D eigenvalue weighted by atomic mass is 32.2. The fraction of sp³-hybridized carbons (Fsp3) is 0.500. The first-order valence-corrected chi connectivity index (χ1v) is 15.9. The second kappa shape index (κ2) is 13.7. The molecular formula is C30H35F3N2O9S. The number of halogens is 3. The Bertz CT molecular complexity index is 1480. The summed E-state index contributed by atoms with van der Waals surface area (Å²) in [7, 11) is -4.17. The van der Waals surface area contributed by atoms with Crippen molar-refractivity contribution < 1.29 is 55.4 Å². The molecule has 2 fully saturated rings. The number of amides is 2. The van der Waals surface area contributed by atoms with E-state index in [-0.39, 0.29) is 61.6 Å². The number of ketones is 1. The maximum Gasteiger partial charge on any atom is 0.573 e. The molecule has 0 saturated carbocycles. The van der Waals surface area contributed by atoms with E-state index in [0.29, 0.717) is 24.3 Å². The number of carbonyl (C=O) groups is 3. The van der Waals surface area contributed by atoms with Crippen LogP contribution in [0.4, 0.5) is 18.9 Å². The number of rotatable bonds is 11. The molecule has 2 aliphatic rings. The number of nitrogens with zero attached hydrogens (tertiary/aromatic N) is 1. The summed E-state index contributed by atoms with van der Waals surface area (Å²) >= 11 is 0. The van der Waals surface area contributed by atoms with Crippen molar-refractivity contribution in [2.75, 3.05) is 24.7 Å². The van der Waals surface area contributed by atoms with Gasteiger partial charge in [0.2, 0.25) is 5.91 Å². The molecule has 2 heterocycles. The van der Waals surface area contributed by atoms with E-state index in [1.165, 1.54) is 46.8 Å². The molecule has 0 unspecified atom stereocenters. The molecule has 2 aliphatic heterocycles. The molecule has 45 heavy (non-hydrogen) atoms. The van der Waals surface area contributed by atoms with Crippen LogP contribution in [0.3, 0.4) is 0 Å². The fourth-order valence-electron chi connectivity index (χ4n) is 5.75. The molecule has 15 heteroatoms. The molecule has 2 N–H and O–H groups in total. The Morgan fingerprint density at radius 1 is 1.09 bits per heavy atom. The average molecular weight is 657 g/mol. The standard InChI is InChI=1S/C30H35F3N2O9S/c1-19(25-18-26(36)20(2)35(27(25)37)21-5-7-23(8-6-21)44-30(31,32)33)4-3-15-43-22-9-11-24(12-10-22)45(40,41)29(28(38)34-39)13-16-42-17-14-29/h5-12,19-20,25,39H,3-4,13-18H2,1-2H3,(H,34,38)/t19-,20-,25-/m1/s1. The van der Waals surface area contributed by atoms with Crippen LogP contribution in [0.5, 0.6) is 11.5 Å². The van der Waals surface area contributed by atoms with Gasteiger partial charge in [-0.1, -0.05) is 6.92 Å². The molecule has 4 rings (SSSR count). The minimum absolute atomic E-state index is 0.0473. The van der Waals surface area contributed by atoms with Crippen LogP contribution < -0.4 is 19.9 Å². The van der Waals surface area contributed by atoms with Crippen LogP contribution in [0.2, 0.25) is 0 Å². The molecule has 2 saturated heterocycles. The lowest BCUT2D eigenvalue weighted by Gasteiger charge is -2.38. The number of piperidine rings is 1. The number of carbonyl (C=O) groups excluding carboxylic acids is 3. The summed E-state index contributed by atoms with van der Waals surface area (Å²) in [5.41, 5.74) is 1.77. The first-order chi connectivity index (χ1) is 21.2. The Morgan fingerprint density at radius 2 is 1.69 bits per heavy atom. The number of alkyl halides is 3. The van der Waals surface area contributed by atoms with Crippen molar-refractivity contribution in [1.82, 2.24) is 5.48 Å². The number of hydrogen-bond acceptors (Lipinski definition) is 9. The largest absolute Gasteiger partial charge is 0.573 e. The monoisotopic (exact) mass is 656 g/mol. The van der Waals surface area contributed by atoms with Crippen LogP contribution in [0.15, 0.2) is 53.4 Å². The maximum atomic E-state index is 13.4. The Hall–Kier alpha value is -3.69. The minimum Gasteiger partial charge on any atom is -0.494 e. The van der Waals surface area contributed by atoms with Crippen LogP contribution in [0, 0.1) is 11.8 Å². The number of nitrogens with one attached hydrogen (secondary N) is 1. The first-order valence-electron chi connectivity index (χ1n) is 14.4. The van der Waals surface area contributed by atoms with Crippen molar-refractivity contribution in [1.29, 1.82) is 0 Å². The predicted molar refractivity (Wildman–Crippen MR) is 153 cm³/mol. The molecule has 0 radical (unpaired) electrons. The molecule has 246 valence electrons. The summed E-state index contributed by atoms with van der Waals surface area (Å²) in [6.07, 6.45) is -3.98. The minimum atomic E-state index is -4.85. The third-order valence-electron chi connectivity index (χ3n) is 8.40. The van der Waals surface area contributed by atoms with Gasteiger partial charge in [-0.05, 0) is 87.1 Å². The topological polar surface area (TPSA) is 149 Å². The van der Waals surface area contributed by atoms with Crippen LogP contribution in [0.25, 0.3) is 0 Å². The van der Waals surface area contributed by atoms with Gasteiger partial charge in [-0.25, -0.2) is 13.9 Å². The number of benzene rings is 2. The van der Waals surface area contributed by atoms with Crippen molar-refractivity contribution in [3.63, 3.8) is 0 Å². The molecule has 3 atom stereocenters. The predicted octanol–water partition coefficient (Wildman–Crippen LogP) is 4.22. The van der Waals surface area contributed by atoms with Crippen LogP contribution >= 0.6 is 0 Å². The van der Waals surface area contributed by atoms with Gasteiger partial charge < -0.3 is 19.1 Å². The SMILES string of the molecule is C[C@H](CCCOc1ccc(S(=O)(=O)C2(C(=O)NO)CCOCC2)cc1)[C@H]1CC(=O)[C@@H](C)N(c2ccc(OC(F)(F)F)cc2)C1=O. The Morgan fingerprint density at radius 3 is 2.27 bits per heavy atom. The van der Waals surface area contributed by atoms with E-state index in [1.54, 1.807) is 6.92 Å². The quantitative estimate of drug-likeness (QED) is 0.206. The molecule has 0 spiro atoms. The number of hydroxylamine groups is 1. The number of anilines is 1. The van der Waals surface area contributed by atoms with Crippen molar-refractivity contribution >= 4 is 33.1 Å². The van der Waals surface area contributed by atoms with E-state index in [2.05, 4.69) is 4.74 Å². The lowest BCUT2D eigenvalue weighted by Crippen LogP contribution is -2.54. The Labute approximate surface area is 258 Å². The summed E-state index contributed by atoms with van der Waals surface area (Å²) in [4.78, 5) is 39.9. The normalized spacial score (nSPS) is 21.2. The molecule has 2 aromatic carbocycles. The van der Waals surface area contributed by atoms with Gasteiger partial charge in [-0.2, -0.15) is 0 Å². The summed E-state index contributed by atoms with van der Waals surface area (Å²) in [6.45, 7) is 3.77. The number of sulfone groups is 1. The van der Waals surface area contributed by atoms with Gasteiger partial charge >= 0.3 is 6.36 Å².